The van der Waals surface area contributed by atoms with Crippen LogP contribution in [0.25, 0.3) is 22.4 Å². The first-order chi connectivity index (χ1) is 11.2. The Balaban J connectivity index is 2.14. The molecule has 0 aliphatic carbocycles. The SMILES string of the molecule is CCOc1ccc(-c2ccc(F)cc2)cc1-c1nn[nH]c1C#N. The third kappa shape index (κ3) is 2.90. The Morgan fingerprint density at radius 2 is 1.91 bits per heavy atom. The number of nitrogens with zero attached hydrogens (tertiary/aromatic N) is 3. The summed E-state index contributed by atoms with van der Waals surface area (Å²) in [6.07, 6.45) is 0. The van der Waals surface area contributed by atoms with Gasteiger partial charge in [-0.25, -0.2) is 9.49 Å². The highest BCUT2D eigenvalue weighted by atomic mass is 19.1. The lowest BCUT2D eigenvalue weighted by Gasteiger charge is -2.11. The molecule has 0 atom stereocenters. The number of aromatic nitrogens is 3. The summed E-state index contributed by atoms with van der Waals surface area (Å²) >= 11 is 0. The molecule has 0 saturated heterocycles. The summed E-state index contributed by atoms with van der Waals surface area (Å²) in [5.74, 6) is 0.326. The molecular formula is C17H13FN4O. The van der Waals surface area contributed by atoms with E-state index in [0.717, 1.165) is 11.1 Å². The molecule has 0 bridgehead atoms. The highest BCUT2D eigenvalue weighted by Crippen LogP contribution is 2.34. The molecule has 2 aromatic carbocycles. The molecule has 6 heteroatoms. The summed E-state index contributed by atoms with van der Waals surface area (Å²) in [4.78, 5) is 0. The number of benzene rings is 2. The van der Waals surface area contributed by atoms with Crippen molar-refractivity contribution in [1.82, 2.24) is 15.4 Å². The van der Waals surface area contributed by atoms with Crippen LogP contribution in [0, 0.1) is 17.1 Å². The Morgan fingerprint density at radius 3 is 2.61 bits per heavy atom. The van der Waals surface area contributed by atoms with Crippen molar-refractivity contribution in [3.05, 3.63) is 54.0 Å². The Labute approximate surface area is 132 Å². The number of hydrogen-bond donors (Lipinski definition) is 1. The summed E-state index contributed by atoms with van der Waals surface area (Å²) in [5.41, 5.74) is 3.09. The zero-order valence-corrected chi connectivity index (χ0v) is 12.4. The molecule has 0 aliphatic rings. The number of nitrogens with one attached hydrogen (secondary N) is 1. The normalized spacial score (nSPS) is 10.3. The minimum Gasteiger partial charge on any atom is -0.493 e. The lowest BCUT2D eigenvalue weighted by Crippen LogP contribution is -1.96. The first kappa shape index (κ1) is 14.7. The molecule has 0 spiro atoms. The quantitative estimate of drug-likeness (QED) is 0.800. The minimum absolute atomic E-state index is 0.266. The Kier molecular flexibility index (Phi) is 4.02. The minimum atomic E-state index is -0.289. The van der Waals surface area contributed by atoms with Crippen LogP contribution in [0.4, 0.5) is 4.39 Å². The fraction of sp³-hybridized carbons (Fsp3) is 0.118. The zero-order valence-electron chi connectivity index (χ0n) is 12.4. The van der Waals surface area contributed by atoms with Crippen LogP contribution in [0.2, 0.25) is 0 Å². The monoisotopic (exact) mass is 308 g/mol. The number of halogens is 1. The van der Waals surface area contributed by atoms with E-state index in [1.807, 2.05) is 31.2 Å². The van der Waals surface area contributed by atoms with Crippen LogP contribution in [0.15, 0.2) is 42.5 Å². The van der Waals surface area contributed by atoms with E-state index >= 15 is 0 Å². The fourth-order valence-electron chi connectivity index (χ4n) is 2.31. The van der Waals surface area contributed by atoms with Gasteiger partial charge in [0, 0.05) is 5.56 Å². The first-order valence-electron chi connectivity index (χ1n) is 7.07. The van der Waals surface area contributed by atoms with Gasteiger partial charge in [0.2, 0.25) is 0 Å². The number of H-pyrrole nitrogens is 1. The van der Waals surface area contributed by atoms with Crippen molar-refractivity contribution in [1.29, 1.82) is 5.26 Å². The molecule has 23 heavy (non-hydrogen) atoms. The molecule has 0 unspecified atom stereocenters. The van der Waals surface area contributed by atoms with Gasteiger partial charge < -0.3 is 4.74 Å². The summed E-state index contributed by atoms with van der Waals surface area (Å²) in [6, 6.07) is 13.8. The lowest BCUT2D eigenvalue weighted by molar-refractivity contribution is 0.341. The number of hydrogen-bond acceptors (Lipinski definition) is 4. The van der Waals surface area contributed by atoms with Crippen LogP contribution in [0.1, 0.15) is 12.6 Å². The number of nitriles is 1. The summed E-state index contributed by atoms with van der Waals surface area (Å²) in [5, 5.41) is 19.4. The second-order valence-electron chi connectivity index (χ2n) is 4.80. The van der Waals surface area contributed by atoms with Gasteiger partial charge in [-0.05, 0) is 42.3 Å². The Bertz CT molecular complexity index is 865. The summed E-state index contributed by atoms with van der Waals surface area (Å²) in [6.45, 7) is 2.37. The summed E-state index contributed by atoms with van der Waals surface area (Å²) < 4.78 is 18.7. The van der Waals surface area contributed by atoms with Gasteiger partial charge in [-0.3, -0.25) is 0 Å². The van der Waals surface area contributed by atoms with E-state index in [2.05, 4.69) is 15.4 Å². The fourth-order valence-corrected chi connectivity index (χ4v) is 2.31. The molecule has 0 aliphatic heterocycles. The maximum atomic E-state index is 13.1. The van der Waals surface area contributed by atoms with Crippen molar-refractivity contribution in [3.8, 4) is 34.2 Å². The van der Waals surface area contributed by atoms with Crippen molar-refractivity contribution in [3.63, 3.8) is 0 Å². The molecule has 1 aromatic heterocycles. The zero-order chi connectivity index (χ0) is 16.2. The molecule has 1 N–H and O–H groups in total. The van der Waals surface area contributed by atoms with E-state index in [9.17, 15) is 4.39 Å². The van der Waals surface area contributed by atoms with Crippen molar-refractivity contribution < 1.29 is 9.13 Å². The van der Waals surface area contributed by atoms with E-state index in [1.165, 1.54) is 12.1 Å². The number of aromatic amines is 1. The largest absolute Gasteiger partial charge is 0.493 e. The van der Waals surface area contributed by atoms with E-state index in [-0.39, 0.29) is 11.5 Å². The van der Waals surface area contributed by atoms with Crippen molar-refractivity contribution in [2.45, 2.75) is 6.92 Å². The van der Waals surface area contributed by atoms with Crippen molar-refractivity contribution in [2.24, 2.45) is 0 Å². The average molecular weight is 308 g/mol. The molecule has 5 nitrogen and oxygen atoms in total. The topological polar surface area (TPSA) is 74.6 Å². The predicted octanol–water partition coefficient (Wildman–Crippen LogP) is 3.55. The molecule has 114 valence electrons. The van der Waals surface area contributed by atoms with Crippen molar-refractivity contribution >= 4 is 0 Å². The molecule has 0 amide bonds. The highest BCUT2D eigenvalue weighted by Gasteiger charge is 2.16. The Morgan fingerprint density at radius 1 is 1.17 bits per heavy atom. The van der Waals surface area contributed by atoms with Gasteiger partial charge >= 0.3 is 0 Å². The average Bonchev–Trinajstić information content (AvgIpc) is 3.05. The molecule has 0 saturated carbocycles. The van der Waals surface area contributed by atoms with Crippen LogP contribution in [-0.4, -0.2) is 22.0 Å². The van der Waals surface area contributed by atoms with Gasteiger partial charge in [-0.2, -0.15) is 5.26 Å². The van der Waals surface area contributed by atoms with Gasteiger partial charge in [0.15, 0.2) is 5.69 Å². The molecule has 0 radical (unpaired) electrons. The van der Waals surface area contributed by atoms with Gasteiger partial charge in [-0.1, -0.05) is 23.4 Å². The van der Waals surface area contributed by atoms with E-state index in [4.69, 9.17) is 10.00 Å². The van der Waals surface area contributed by atoms with Gasteiger partial charge in [0.05, 0.1) is 6.61 Å². The maximum Gasteiger partial charge on any atom is 0.163 e. The van der Waals surface area contributed by atoms with Crippen LogP contribution >= 0.6 is 0 Å². The molecule has 3 aromatic rings. The molecular weight excluding hydrogens is 295 g/mol. The van der Waals surface area contributed by atoms with Crippen LogP contribution in [0.5, 0.6) is 5.75 Å². The van der Waals surface area contributed by atoms with E-state index < -0.39 is 0 Å². The van der Waals surface area contributed by atoms with Crippen LogP contribution < -0.4 is 4.74 Å². The van der Waals surface area contributed by atoms with Crippen LogP contribution in [0.3, 0.4) is 0 Å². The predicted molar refractivity (Wildman–Crippen MR) is 83.1 cm³/mol. The second-order valence-corrected chi connectivity index (χ2v) is 4.80. The second kappa shape index (κ2) is 6.28. The van der Waals surface area contributed by atoms with E-state index in [1.54, 1.807) is 12.1 Å². The maximum absolute atomic E-state index is 13.1. The number of rotatable bonds is 4. The molecule has 1 heterocycles. The third-order valence-corrected chi connectivity index (χ3v) is 3.37. The number of ether oxygens (including phenoxy) is 1. The van der Waals surface area contributed by atoms with Gasteiger partial charge in [0.1, 0.15) is 23.3 Å². The van der Waals surface area contributed by atoms with Crippen molar-refractivity contribution in [2.75, 3.05) is 6.61 Å². The van der Waals surface area contributed by atoms with Gasteiger partial charge in [0.25, 0.3) is 0 Å². The summed E-state index contributed by atoms with van der Waals surface area (Å²) in [7, 11) is 0. The lowest BCUT2D eigenvalue weighted by atomic mass is 10.00. The molecule has 3 rings (SSSR count). The highest BCUT2D eigenvalue weighted by molar-refractivity contribution is 5.77. The third-order valence-electron chi connectivity index (χ3n) is 3.37. The Hall–Kier alpha value is -3.20. The van der Waals surface area contributed by atoms with Gasteiger partial charge in [-0.15, -0.1) is 5.10 Å². The van der Waals surface area contributed by atoms with Crippen LogP contribution in [-0.2, 0) is 0 Å². The van der Waals surface area contributed by atoms with E-state index in [0.29, 0.717) is 23.6 Å². The first-order valence-corrected chi connectivity index (χ1v) is 7.07. The smallest absolute Gasteiger partial charge is 0.163 e. The standard InChI is InChI=1S/C17H13FN4O/c1-2-23-16-8-5-12(11-3-6-13(18)7-4-11)9-14(16)17-15(10-19)20-22-21-17/h3-9H,2H2,1H3,(H,20,21,22). The molecule has 0 fully saturated rings.